The zero-order chi connectivity index (χ0) is 14.0. The Balaban J connectivity index is 2.24. The first-order valence-corrected chi connectivity index (χ1v) is 6.21. The minimum Gasteiger partial charge on any atom is -0.378 e. The van der Waals surface area contributed by atoms with Crippen LogP contribution in [0.1, 0.15) is 5.56 Å². The van der Waals surface area contributed by atoms with Crippen LogP contribution in [0.15, 0.2) is 45.6 Å². The number of halogens is 1. The van der Waals surface area contributed by atoms with E-state index in [0.29, 0.717) is 6.42 Å². The fourth-order valence-electron chi connectivity index (χ4n) is 1.74. The molecular weight excluding hydrogens is 314 g/mol. The molecule has 1 aliphatic rings. The predicted octanol–water partition coefficient (Wildman–Crippen LogP) is 0.683. The maximum Gasteiger partial charge on any atom is 0.326 e. The van der Waals surface area contributed by atoms with Gasteiger partial charge in [0.2, 0.25) is 5.84 Å². The van der Waals surface area contributed by atoms with Crippen molar-refractivity contribution < 1.29 is 4.92 Å². The molecule has 0 fully saturated rings. The molecule has 19 heavy (non-hydrogen) atoms. The lowest BCUT2D eigenvalue weighted by molar-refractivity contribution is -0.416. The van der Waals surface area contributed by atoms with Crippen molar-refractivity contribution in [1.82, 2.24) is 5.32 Å². The van der Waals surface area contributed by atoms with E-state index in [-0.39, 0.29) is 11.5 Å². The third-order valence-corrected chi connectivity index (χ3v) is 3.43. The molecule has 0 spiro atoms. The van der Waals surface area contributed by atoms with Crippen molar-refractivity contribution in [2.24, 2.45) is 16.5 Å². The summed E-state index contributed by atoms with van der Waals surface area (Å²) in [7, 11) is 0. The van der Waals surface area contributed by atoms with Gasteiger partial charge in [-0.1, -0.05) is 34.1 Å². The second-order valence-electron chi connectivity index (χ2n) is 4.12. The van der Waals surface area contributed by atoms with Gasteiger partial charge >= 0.3 is 5.70 Å². The molecule has 1 aromatic carbocycles. The first-order valence-electron chi connectivity index (χ1n) is 5.41. The fraction of sp³-hybridized carbons (Fsp3) is 0.182. The molecule has 0 radical (unpaired) electrons. The SMILES string of the molecule is NC1=NC(N)(Cc2ccccc2Br)NC=C1[N+](=O)[O-]. The predicted molar refractivity (Wildman–Crippen MR) is 74.6 cm³/mol. The topological polar surface area (TPSA) is 120 Å². The molecule has 1 atom stereocenters. The Bertz CT molecular complexity index is 586. The van der Waals surface area contributed by atoms with Crippen LogP contribution in [0, 0.1) is 10.1 Å². The highest BCUT2D eigenvalue weighted by Crippen LogP contribution is 2.21. The molecule has 0 saturated carbocycles. The van der Waals surface area contributed by atoms with Crippen molar-refractivity contribution >= 4 is 21.8 Å². The van der Waals surface area contributed by atoms with Crippen LogP contribution in [0.2, 0.25) is 0 Å². The highest BCUT2D eigenvalue weighted by Gasteiger charge is 2.32. The molecule has 1 heterocycles. The van der Waals surface area contributed by atoms with Gasteiger partial charge in [0.25, 0.3) is 0 Å². The van der Waals surface area contributed by atoms with Gasteiger partial charge < -0.3 is 11.1 Å². The Hall–Kier alpha value is -1.93. The molecule has 1 unspecified atom stereocenters. The van der Waals surface area contributed by atoms with Crippen LogP contribution >= 0.6 is 15.9 Å². The van der Waals surface area contributed by atoms with Gasteiger partial charge in [-0.3, -0.25) is 15.8 Å². The zero-order valence-corrected chi connectivity index (χ0v) is 11.4. The number of nitro groups is 1. The average molecular weight is 326 g/mol. The smallest absolute Gasteiger partial charge is 0.326 e. The minimum atomic E-state index is -1.19. The van der Waals surface area contributed by atoms with Crippen molar-refractivity contribution in [3.8, 4) is 0 Å². The van der Waals surface area contributed by atoms with Gasteiger partial charge in [0.1, 0.15) is 0 Å². The summed E-state index contributed by atoms with van der Waals surface area (Å²) in [5.41, 5.74) is 12.2. The number of nitrogens with zero attached hydrogens (tertiary/aromatic N) is 2. The van der Waals surface area contributed by atoms with Crippen molar-refractivity contribution in [3.63, 3.8) is 0 Å². The molecular formula is C11H12BrN5O2. The van der Waals surface area contributed by atoms with E-state index in [0.717, 1.165) is 10.0 Å². The molecule has 1 aliphatic heterocycles. The highest BCUT2D eigenvalue weighted by molar-refractivity contribution is 9.10. The van der Waals surface area contributed by atoms with Gasteiger partial charge in [0.15, 0.2) is 5.79 Å². The molecule has 100 valence electrons. The number of nitrogens with two attached hydrogens (primary N) is 2. The highest BCUT2D eigenvalue weighted by atomic mass is 79.9. The normalized spacial score (nSPS) is 22.2. The first-order chi connectivity index (χ1) is 8.91. The lowest BCUT2D eigenvalue weighted by Gasteiger charge is -2.28. The largest absolute Gasteiger partial charge is 0.378 e. The van der Waals surface area contributed by atoms with E-state index in [4.69, 9.17) is 11.5 Å². The number of amidine groups is 1. The van der Waals surface area contributed by atoms with Crippen LogP contribution in [-0.4, -0.2) is 16.5 Å². The van der Waals surface area contributed by atoms with Crippen LogP contribution in [0.25, 0.3) is 0 Å². The number of hydrogen-bond donors (Lipinski definition) is 3. The van der Waals surface area contributed by atoms with Crippen molar-refractivity contribution in [1.29, 1.82) is 0 Å². The summed E-state index contributed by atoms with van der Waals surface area (Å²) >= 11 is 3.41. The molecule has 2 rings (SSSR count). The van der Waals surface area contributed by atoms with Crippen LogP contribution in [0.4, 0.5) is 0 Å². The molecule has 5 N–H and O–H groups in total. The Morgan fingerprint density at radius 1 is 1.47 bits per heavy atom. The molecule has 7 nitrogen and oxygen atoms in total. The summed E-state index contributed by atoms with van der Waals surface area (Å²) in [6.45, 7) is 0. The van der Waals surface area contributed by atoms with E-state index in [9.17, 15) is 10.1 Å². The third-order valence-electron chi connectivity index (χ3n) is 2.66. The summed E-state index contributed by atoms with van der Waals surface area (Å²) in [5, 5.41) is 13.4. The Morgan fingerprint density at radius 2 is 2.16 bits per heavy atom. The number of rotatable bonds is 3. The van der Waals surface area contributed by atoms with E-state index >= 15 is 0 Å². The van der Waals surface area contributed by atoms with Crippen LogP contribution < -0.4 is 16.8 Å². The molecule has 0 bridgehead atoms. The molecule has 0 aliphatic carbocycles. The number of hydrogen-bond acceptors (Lipinski definition) is 6. The van der Waals surface area contributed by atoms with Crippen LogP contribution in [0.3, 0.4) is 0 Å². The van der Waals surface area contributed by atoms with Crippen LogP contribution in [-0.2, 0) is 6.42 Å². The Labute approximate surface area is 117 Å². The molecule has 0 aromatic heterocycles. The Kier molecular flexibility index (Phi) is 3.54. The van der Waals surface area contributed by atoms with Gasteiger partial charge in [0, 0.05) is 10.9 Å². The summed E-state index contributed by atoms with van der Waals surface area (Å²) in [4.78, 5) is 14.1. The van der Waals surface area contributed by atoms with E-state index in [1.165, 1.54) is 6.20 Å². The monoisotopic (exact) mass is 325 g/mol. The number of aliphatic imine (C=N–C) groups is 1. The van der Waals surface area contributed by atoms with Gasteiger partial charge in [-0.05, 0) is 11.6 Å². The van der Waals surface area contributed by atoms with Gasteiger partial charge in [-0.25, -0.2) is 4.99 Å². The van der Waals surface area contributed by atoms with E-state index in [1.54, 1.807) is 0 Å². The van der Waals surface area contributed by atoms with Crippen molar-refractivity contribution in [2.75, 3.05) is 0 Å². The average Bonchev–Trinajstić information content (AvgIpc) is 2.31. The lowest BCUT2D eigenvalue weighted by Crippen LogP contribution is -2.55. The lowest BCUT2D eigenvalue weighted by atomic mass is 10.1. The Morgan fingerprint density at radius 3 is 2.74 bits per heavy atom. The third kappa shape index (κ3) is 2.91. The maximum absolute atomic E-state index is 10.7. The minimum absolute atomic E-state index is 0.182. The molecule has 1 aromatic rings. The molecule has 8 heteroatoms. The quantitative estimate of drug-likeness (QED) is 0.557. The van der Waals surface area contributed by atoms with Crippen LogP contribution in [0.5, 0.6) is 0 Å². The van der Waals surface area contributed by atoms with E-state index < -0.39 is 10.7 Å². The number of nitrogens with one attached hydrogen (secondary N) is 1. The van der Waals surface area contributed by atoms with Crippen molar-refractivity contribution in [2.45, 2.75) is 12.2 Å². The van der Waals surface area contributed by atoms with Gasteiger partial charge in [-0.2, -0.15) is 0 Å². The second kappa shape index (κ2) is 4.98. The summed E-state index contributed by atoms with van der Waals surface area (Å²) in [6, 6.07) is 7.52. The zero-order valence-electron chi connectivity index (χ0n) is 9.84. The molecule has 0 amide bonds. The van der Waals surface area contributed by atoms with E-state index in [1.807, 2.05) is 24.3 Å². The fourth-order valence-corrected chi connectivity index (χ4v) is 2.17. The first kappa shape index (κ1) is 13.5. The van der Waals surface area contributed by atoms with Gasteiger partial charge in [-0.15, -0.1) is 0 Å². The summed E-state index contributed by atoms with van der Waals surface area (Å²) < 4.78 is 0.888. The maximum atomic E-state index is 10.7. The number of benzene rings is 1. The summed E-state index contributed by atoms with van der Waals surface area (Å²) in [6.07, 6.45) is 1.52. The molecule has 0 saturated heterocycles. The standard InChI is InChI=1S/C11H12BrN5O2/c12-8-4-2-1-3-7(8)5-11(14)15-6-9(17(18)19)10(13)16-11/h1-4,6,15H,5,14H2,(H2,13,16). The van der Waals surface area contributed by atoms with Crippen molar-refractivity contribution in [3.05, 3.63) is 56.3 Å². The second-order valence-corrected chi connectivity index (χ2v) is 4.97. The van der Waals surface area contributed by atoms with E-state index in [2.05, 4.69) is 26.2 Å². The summed E-state index contributed by atoms with van der Waals surface area (Å²) in [5.74, 6) is -1.37. The van der Waals surface area contributed by atoms with Gasteiger partial charge in [0.05, 0.1) is 11.1 Å².